The number of ether oxygens (including phenoxy) is 1. The maximum atomic E-state index is 13.4. The van der Waals surface area contributed by atoms with Crippen molar-refractivity contribution < 1.29 is 9.53 Å². The van der Waals surface area contributed by atoms with E-state index in [-0.39, 0.29) is 16.7 Å². The third-order valence-corrected chi connectivity index (χ3v) is 7.63. The molecule has 0 saturated heterocycles. The van der Waals surface area contributed by atoms with Crippen LogP contribution in [0.3, 0.4) is 0 Å². The van der Waals surface area contributed by atoms with E-state index in [4.69, 9.17) is 14.7 Å². The zero-order valence-corrected chi connectivity index (χ0v) is 17.2. The zero-order valence-electron chi connectivity index (χ0n) is 17.2. The van der Waals surface area contributed by atoms with Gasteiger partial charge >= 0.3 is 0 Å². The smallest absolute Gasteiger partial charge is 0.232 e. The van der Waals surface area contributed by atoms with Crippen molar-refractivity contribution in [3.8, 4) is 0 Å². The number of amides is 1. The third-order valence-electron chi connectivity index (χ3n) is 7.63. The van der Waals surface area contributed by atoms with Crippen LogP contribution in [0.2, 0.25) is 0 Å². The summed E-state index contributed by atoms with van der Waals surface area (Å²) in [5.41, 5.74) is 5.08. The van der Waals surface area contributed by atoms with Crippen LogP contribution in [0, 0.1) is 19.3 Å². The molecule has 0 radical (unpaired) electrons. The fourth-order valence-corrected chi connectivity index (χ4v) is 5.28. The van der Waals surface area contributed by atoms with Crippen LogP contribution in [-0.4, -0.2) is 36.1 Å². The maximum absolute atomic E-state index is 13.4. The molecule has 5 heteroatoms. The number of fused-ring (bicyclic) bond motifs is 6. The van der Waals surface area contributed by atoms with E-state index in [9.17, 15) is 4.79 Å². The molecule has 1 N–H and O–H groups in total. The van der Waals surface area contributed by atoms with Crippen LogP contribution in [-0.2, 0) is 20.4 Å². The Labute approximate surface area is 160 Å². The van der Waals surface area contributed by atoms with E-state index in [0.29, 0.717) is 13.2 Å². The van der Waals surface area contributed by atoms with E-state index in [0.717, 1.165) is 35.3 Å². The van der Waals surface area contributed by atoms with Crippen LogP contribution in [0.4, 0.5) is 0 Å². The highest BCUT2D eigenvalue weighted by atomic mass is 16.5. The Hall–Kier alpha value is -2.01. The minimum atomic E-state index is -0.634. The summed E-state index contributed by atoms with van der Waals surface area (Å²) in [6.07, 6.45) is 1.77. The van der Waals surface area contributed by atoms with Crippen LogP contribution < -0.4 is 5.32 Å². The molecule has 1 heterocycles. The van der Waals surface area contributed by atoms with Gasteiger partial charge in [0, 0.05) is 19.1 Å². The molecular weight excluding hydrogens is 338 g/mol. The molecule has 1 saturated carbocycles. The second kappa shape index (κ2) is 5.74. The molecule has 0 spiro atoms. The van der Waals surface area contributed by atoms with Crippen LogP contribution in [0.1, 0.15) is 56.1 Å². The van der Waals surface area contributed by atoms with Crippen LogP contribution in [0.5, 0.6) is 0 Å². The lowest BCUT2D eigenvalue weighted by atomic mass is 9.63. The van der Waals surface area contributed by atoms with E-state index >= 15 is 0 Å². The van der Waals surface area contributed by atoms with Gasteiger partial charge in [-0.25, -0.2) is 9.97 Å². The first-order chi connectivity index (χ1) is 12.7. The molecule has 2 unspecified atom stereocenters. The van der Waals surface area contributed by atoms with Crippen molar-refractivity contribution in [1.82, 2.24) is 15.3 Å². The summed E-state index contributed by atoms with van der Waals surface area (Å²) in [5, 5.41) is 3.09. The second-order valence-electron chi connectivity index (χ2n) is 8.96. The average molecular weight is 367 g/mol. The summed E-state index contributed by atoms with van der Waals surface area (Å²) < 4.78 is 5.11. The Morgan fingerprint density at radius 3 is 2.26 bits per heavy atom. The number of methoxy groups -OCH3 is 1. The van der Waals surface area contributed by atoms with Gasteiger partial charge in [0.05, 0.1) is 34.4 Å². The van der Waals surface area contributed by atoms with E-state index < -0.39 is 5.41 Å². The van der Waals surface area contributed by atoms with Gasteiger partial charge < -0.3 is 10.1 Å². The first-order valence-corrected chi connectivity index (χ1v) is 9.76. The zero-order chi connectivity index (χ0) is 19.6. The summed E-state index contributed by atoms with van der Waals surface area (Å²) in [7, 11) is 1.65. The van der Waals surface area contributed by atoms with Crippen molar-refractivity contribution in [2.75, 3.05) is 20.3 Å². The van der Waals surface area contributed by atoms with Gasteiger partial charge in [-0.2, -0.15) is 0 Å². The van der Waals surface area contributed by atoms with Gasteiger partial charge in [-0.15, -0.1) is 0 Å². The summed E-state index contributed by atoms with van der Waals surface area (Å²) in [5.74, 6) is 0.0597. The number of carbonyl (C=O) groups excluding carboxylic acids is 1. The second-order valence-corrected chi connectivity index (χ2v) is 8.96. The molecule has 27 heavy (non-hydrogen) atoms. The molecule has 1 aromatic carbocycles. The van der Waals surface area contributed by atoms with Crippen LogP contribution in [0.25, 0.3) is 11.0 Å². The average Bonchev–Trinajstić information content (AvgIpc) is 2.91. The molecule has 2 aliphatic rings. The molecule has 144 valence electrons. The van der Waals surface area contributed by atoms with Crippen molar-refractivity contribution in [2.45, 2.75) is 58.3 Å². The Balaban J connectivity index is 1.93. The van der Waals surface area contributed by atoms with Crippen LogP contribution >= 0.6 is 0 Å². The predicted molar refractivity (Wildman–Crippen MR) is 106 cm³/mol. The number of carbonyl (C=O) groups is 1. The quantitative estimate of drug-likeness (QED) is 0.842. The lowest BCUT2D eigenvalue weighted by molar-refractivity contribution is -0.130. The highest BCUT2D eigenvalue weighted by molar-refractivity contribution is 5.93. The lowest BCUT2D eigenvalue weighted by Crippen LogP contribution is -2.51. The van der Waals surface area contributed by atoms with E-state index in [1.165, 1.54) is 11.1 Å². The highest BCUT2D eigenvalue weighted by Gasteiger charge is 2.73. The molecule has 1 fully saturated rings. The Morgan fingerprint density at radius 1 is 1.07 bits per heavy atom. The van der Waals surface area contributed by atoms with Gasteiger partial charge in [-0.05, 0) is 55.4 Å². The first-order valence-electron chi connectivity index (χ1n) is 9.76. The largest absolute Gasteiger partial charge is 0.383 e. The first kappa shape index (κ1) is 18.4. The van der Waals surface area contributed by atoms with Crippen molar-refractivity contribution >= 4 is 16.9 Å². The van der Waals surface area contributed by atoms with Crippen molar-refractivity contribution in [3.05, 3.63) is 34.6 Å². The number of aromatic nitrogens is 2. The topological polar surface area (TPSA) is 64.1 Å². The number of hydrogen-bond acceptors (Lipinski definition) is 4. The molecular formula is C22H29N3O2. The fourth-order valence-electron chi connectivity index (χ4n) is 5.28. The van der Waals surface area contributed by atoms with Crippen LogP contribution in [0.15, 0.2) is 12.1 Å². The summed E-state index contributed by atoms with van der Waals surface area (Å²) >= 11 is 0. The Kier molecular flexibility index (Phi) is 3.90. The number of rotatable bonds is 4. The molecule has 2 aromatic rings. The number of benzene rings is 1. The number of hydrogen-bond donors (Lipinski definition) is 1. The molecule has 2 bridgehead atoms. The Morgan fingerprint density at radius 2 is 1.67 bits per heavy atom. The van der Waals surface area contributed by atoms with Gasteiger partial charge in [-0.1, -0.05) is 20.8 Å². The molecule has 1 amide bonds. The Bertz CT molecular complexity index is 952. The maximum Gasteiger partial charge on any atom is 0.232 e. The summed E-state index contributed by atoms with van der Waals surface area (Å²) in [6, 6.07) is 4.21. The SMILES string of the molecule is COCCNC(=O)C12CCC(C)(c3nc4cc(C)c(C)cc4nc31)C2(C)C. The van der Waals surface area contributed by atoms with Crippen molar-refractivity contribution in [3.63, 3.8) is 0 Å². The van der Waals surface area contributed by atoms with Gasteiger partial charge in [0.2, 0.25) is 5.91 Å². The number of nitrogens with one attached hydrogen (secondary N) is 1. The summed E-state index contributed by atoms with van der Waals surface area (Å²) in [6.45, 7) is 11.9. The molecule has 2 atom stereocenters. The van der Waals surface area contributed by atoms with Crippen molar-refractivity contribution in [2.24, 2.45) is 5.41 Å². The van der Waals surface area contributed by atoms with Gasteiger partial charge in [0.1, 0.15) is 0 Å². The van der Waals surface area contributed by atoms with E-state index in [1.54, 1.807) is 7.11 Å². The molecule has 2 aliphatic carbocycles. The molecule has 0 aliphatic heterocycles. The number of aryl methyl sites for hydroxylation is 2. The molecule has 4 rings (SSSR count). The van der Waals surface area contributed by atoms with Crippen molar-refractivity contribution in [1.29, 1.82) is 0 Å². The molecule has 1 aromatic heterocycles. The fraction of sp³-hybridized carbons (Fsp3) is 0.591. The van der Waals surface area contributed by atoms with E-state index in [2.05, 4.69) is 52.1 Å². The normalized spacial score (nSPS) is 27.8. The number of nitrogens with zero attached hydrogens (tertiary/aromatic N) is 2. The highest BCUT2D eigenvalue weighted by Crippen LogP contribution is 2.70. The minimum Gasteiger partial charge on any atom is -0.383 e. The van der Waals surface area contributed by atoms with Gasteiger partial charge in [0.15, 0.2) is 0 Å². The van der Waals surface area contributed by atoms with Gasteiger partial charge in [-0.3, -0.25) is 4.79 Å². The third kappa shape index (κ3) is 2.12. The summed E-state index contributed by atoms with van der Waals surface area (Å²) in [4.78, 5) is 23.6. The monoisotopic (exact) mass is 367 g/mol. The van der Waals surface area contributed by atoms with E-state index in [1.807, 2.05) is 0 Å². The lowest BCUT2D eigenvalue weighted by Gasteiger charge is -2.39. The molecule has 5 nitrogen and oxygen atoms in total. The predicted octanol–water partition coefficient (Wildman–Crippen LogP) is 3.34. The standard InChI is InChI=1S/C22H29N3O2/c1-13-11-15-16(12-14(13)2)25-18-17(24-15)21(5)7-8-22(18,20(21,3)4)19(26)23-9-10-27-6/h11-12H,7-10H2,1-6H3,(H,23,26). The minimum absolute atomic E-state index is 0.0597. The van der Waals surface area contributed by atoms with Gasteiger partial charge in [0.25, 0.3) is 0 Å².